The molecular weight excluding hydrogens is 610 g/mol. The number of para-hydroxylation sites is 1. The molecule has 0 bridgehead atoms. The van der Waals surface area contributed by atoms with Crippen molar-refractivity contribution in [3.05, 3.63) is 102 Å². The number of ether oxygens (including phenoxy) is 1. The molecule has 4 N–H and O–H groups in total. The number of nitrogens with zero attached hydrogens (tertiary/aromatic N) is 2. The molecule has 1 saturated heterocycles. The van der Waals surface area contributed by atoms with Gasteiger partial charge in [0, 0.05) is 45.8 Å². The number of rotatable bonds is 10. The van der Waals surface area contributed by atoms with E-state index in [1.165, 1.54) is 17.2 Å². The number of hydrogen-bond donors (Lipinski definition) is 4. The lowest BCUT2D eigenvalue weighted by Crippen LogP contribution is -2.49. The summed E-state index contributed by atoms with van der Waals surface area (Å²) in [5.41, 5.74) is 2.66. The first-order valence-corrected chi connectivity index (χ1v) is 17.5. The first-order valence-electron chi connectivity index (χ1n) is 13.8. The molecule has 14 heteroatoms. The van der Waals surface area contributed by atoms with Crippen molar-refractivity contribution in [1.82, 2.24) is 15.1 Å². The molecule has 3 aromatic carbocycles. The van der Waals surface area contributed by atoms with Crippen molar-refractivity contribution in [3.63, 3.8) is 0 Å². The molecule has 12 nitrogen and oxygen atoms in total. The van der Waals surface area contributed by atoms with E-state index in [-0.39, 0.29) is 17.8 Å². The first kappa shape index (κ1) is 36.8. The molecule has 1 fully saturated rings. The molecule has 44 heavy (non-hydrogen) atoms. The lowest BCUT2D eigenvalue weighted by Gasteiger charge is -2.34. The summed E-state index contributed by atoms with van der Waals surface area (Å²) in [4.78, 5) is 17.0. The van der Waals surface area contributed by atoms with Gasteiger partial charge in [-0.15, -0.1) is 0 Å². The highest BCUT2D eigenvalue weighted by molar-refractivity contribution is 7.85. The maximum absolute atomic E-state index is 12.2. The lowest BCUT2D eigenvalue weighted by molar-refractivity contribution is 0.0453. The minimum Gasteiger partial charge on any atom is -0.507 e. The third-order valence-corrected chi connectivity index (χ3v) is 6.22. The number of hydrogen-bond acceptors (Lipinski definition) is 9. The van der Waals surface area contributed by atoms with Gasteiger partial charge in [-0.25, -0.2) is 0 Å². The second-order valence-corrected chi connectivity index (χ2v) is 12.9. The Morgan fingerprint density at radius 2 is 1.16 bits per heavy atom. The van der Waals surface area contributed by atoms with Crippen LogP contribution in [0.25, 0.3) is 0 Å². The summed E-state index contributed by atoms with van der Waals surface area (Å²) in [6.45, 7) is 6.83. The van der Waals surface area contributed by atoms with E-state index in [4.69, 9.17) is 13.8 Å². The van der Waals surface area contributed by atoms with E-state index in [1.807, 2.05) is 12.1 Å². The predicted octanol–water partition coefficient (Wildman–Crippen LogP) is 2.55. The van der Waals surface area contributed by atoms with E-state index in [0.717, 1.165) is 39.3 Å². The van der Waals surface area contributed by atoms with Gasteiger partial charge in [0.1, 0.15) is 11.9 Å². The predicted molar refractivity (Wildman–Crippen MR) is 169 cm³/mol. The first-order chi connectivity index (χ1) is 20.7. The van der Waals surface area contributed by atoms with Gasteiger partial charge in [0.2, 0.25) is 0 Å². The van der Waals surface area contributed by atoms with E-state index in [9.17, 15) is 26.7 Å². The topological polar surface area (TPSA) is 174 Å². The van der Waals surface area contributed by atoms with Crippen LogP contribution in [0.3, 0.4) is 0 Å². The smallest absolute Gasteiger partial charge is 0.261 e. The van der Waals surface area contributed by atoms with Crippen LogP contribution in [0.4, 0.5) is 0 Å². The quantitative estimate of drug-likeness (QED) is 0.237. The average molecular weight is 652 g/mol. The van der Waals surface area contributed by atoms with E-state index in [2.05, 4.69) is 63.6 Å². The van der Waals surface area contributed by atoms with Gasteiger partial charge in [-0.05, 0) is 23.3 Å². The average Bonchev–Trinajstić information content (AvgIpc) is 2.95. The molecular formula is C30H41N3O9S2. The molecule has 0 aliphatic carbocycles. The van der Waals surface area contributed by atoms with E-state index in [1.54, 1.807) is 18.2 Å². The maximum atomic E-state index is 12.2. The fraction of sp³-hybridized carbons (Fsp3) is 0.367. The standard InChI is InChI=1S/C28H33N3O3.2CH4O3S/c32-26-14-8-7-13-25(26)28(33)29-15-16-30-17-19-31(20-18-30)21-22-34-27(23-9-3-1-4-10-23)24-11-5-2-6-12-24;2*1-5(2,3)4/h1-14,27,32H,15-22H2,(H,29,33);2*1H3,(H,2,3,4). The van der Waals surface area contributed by atoms with Gasteiger partial charge in [0.15, 0.2) is 0 Å². The van der Waals surface area contributed by atoms with Crippen molar-refractivity contribution < 1.29 is 40.6 Å². The SMILES string of the molecule is CS(=O)(=O)O.CS(=O)(=O)O.O=C(NCCN1CCN(CCOC(c2ccccc2)c2ccccc2)CC1)c1ccccc1O. The molecule has 0 unspecified atom stereocenters. The number of amides is 1. The summed E-state index contributed by atoms with van der Waals surface area (Å²) in [7, 11) is -7.33. The van der Waals surface area contributed by atoms with E-state index >= 15 is 0 Å². The molecule has 1 aliphatic heterocycles. The fourth-order valence-electron chi connectivity index (χ4n) is 4.27. The Bertz CT molecular complexity index is 1400. The third kappa shape index (κ3) is 16.5. The molecule has 0 saturated carbocycles. The fourth-order valence-corrected chi connectivity index (χ4v) is 4.27. The van der Waals surface area contributed by atoms with Crippen molar-refractivity contribution in [2.45, 2.75) is 6.10 Å². The summed E-state index contributed by atoms with van der Waals surface area (Å²) in [5.74, 6) is -0.224. The van der Waals surface area contributed by atoms with Gasteiger partial charge < -0.3 is 15.2 Å². The Labute approximate surface area is 259 Å². The van der Waals surface area contributed by atoms with Crippen LogP contribution in [0.2, 0.25) is 0 Å². The van der Waals surface area contributed by atoms with Crippen LogP contribution in [0.1, 0.15) is 27.6 Å². The van der Waals surface area contributed by atoms with Gasteiger partial charge in [0.05, 0.1) is 24.7 Å². The summed E-state index contributed by atoms with van der Waals surface area (Å²) < 4.78 is 58.1. The Morgan fingerprint density at radius 3 is 1.61 bits per heavy atom. The Morgan fingerprint density at radius 1 is 0.750 bits per heavy atom. The van der Waals surface area contributed by atoms with Crippen molar-refractivity contribution in [2.24, 2.45) is 0 Å². The van der Waals surface area contributed by atoms with Gasteiger partial charge in [-0.2, -0.15) is 16.8 Å². The molecule has 4 rings (SSSR count). The maximum Gasteiger partial charge on any atom is 0.261 e. The van der Waals surface area contributed by atoms with Crippen molar-refractivity contribution in [2.75, 3.05) is 64.9 Å². The molecule has 3 aromatic rings. The second-order valence-electron chi connectivity index (χ2n) is 9.99. The number of phenolic OH excluding ortho intramolecular Hbond substituents is 1. The van der Waals surface area contributed by atoms with Crippen molar-refractivity contribution >= 4 is 26.1 Å². The number of carbonyl (C=O) groups is 1. The van der Waals surface area contributed by atoms with Crippen LogP contribution in [-0.4, -0.2) is 112 Å². The zero-order chi connectivity index (χ0) is 32.6. The number of nitrogens with one attached hydrogen (secondary N) is 1. The van der Waals surface area contributed by atoms with Crippen molar-refractivity contribution in [1.29, 1.82) is 0 Å². The highest BCUT2D eigenvalue weighted by Crippen LogP contribution is 2.25. The lowest BCUT2D eigenvalue weighted by atomic mass is 10.0. The normalized spacial score (nSPS) is 14.1. The van der Waals surface area contributed by atoms with Gasteiger partial charge in [-0.3, -0.25) is 23.7 Å². The molecule has 0 spiro atoms. The van der Waals surface area contributed by atoms with Crippen LogP contribution in [-0.2, 0) is 25.0 Å². The van der Waals surface area contributed by atoms with Crippen LogP contribution in [0.5, 0.6) is 5.75 Å². The van der Waals surface area contributed by atoms with Crippen LogP contribution >= 0.6 is 0 Å². The largest absolute Gasteiger partial charge is 0.507 e. The summed E-state index contributed by atoms with van der Waals surface area (Å²) in [6, 6.07) is 27.4. The number of piperazine rings is 1. The Hall–Kier alpha value is -3.37. The monoisotopic (exact) mass is 651 g/mol. The molecule has 0 atom stereocenters. The summed E-state index contributed by atoms with van der Waals surface area (Å²) in [5, 5.41) is 12.7. The van der Waals surface area contributed by atoms with Crippen LogP contribution in [0.15, 0.2) is 84.9 Å². The Balaban J connectivity index is 0.000000586. The van der Waals surface area contributed by atoms with Gasteiger partial charge >= 0.3 is 0 Å². The highest BCUT2D eigenvalue weighted by atomic mass is 32.2. The van der Waals surface area contributed by atoms with Gasteiger partial charge in [-0.1, -0.05) is 72.8 Å². The zero-order valence-electron chi connectivity index (χ0n) is 24.8. The highest BCUT2D eigenvalue weighted by Gasteiger charge is 2.19. The minimum atomic E-state index is -3.67. The number of benzene rings is 3. The second kappa shape index (κ2) is 18.4. The van der Waals surface area contributed by atoms with Crippen molar-refractivity contribution in [3.8, 4) is 5.75 Å². The van der Waals surface area contributed by atoms with Gasteiger partial charge in [0.25, 0.3) is 26.1 Å². The molecule has 0 radical (unpaired) electrons. The van der Waals surface area contributed by atoms with Crippen LogP contribution in [0, 0.1) is 0 Å². The summed E-state index contributed by atoms with van der Waals surface area (Å²) >= 11 is 0. The molecule has 1 aliphatic rings. The van der Waals surface area contributed by atoms with E-state index < -0.39 is 20.2 Å². The Kier molecular flexibility index (Phi) is 15.4. The molecule has 242 valence electrons. The summed E-state index contributed by atoms with van der Waals surface area (Å²) in [6.07, 6.45) is 1.37. The van der Waals surface area contributed by atoms with Crippen LogP contribution < -0.4 is 5.32 Å². The minimum absolute atomic E-state index is 0.0117. The molecule has 1 heterocycles. The number of aromatic hydroxyl groups is 1. The number of phenols is 1. The molecule has 1 amide bonds. The third-order valence-electron chi connectivity index (χ3n) is 6.22. The zero-order valence-corrected chi connectivity index (χ0v) is 26.5. The van der Waals surface area contributed by atoms with E-state index in [0.29, 0.717) is 31.2 Å². The molecule has 0 aromatic heterocycles. The number of carbonyl (C=O) groups excluding carboxylic acids is 1.